The molecular formula is C23H20FN5O2. The van der Waals surface area contributed by atoms with E-state index in [9.17, 15) is 19.2 Å². The first-order chi connectivity index (χ1) is 15.0. The molecule has 0 bridgehead atoms. The van der Waals surface area contributed by atoms with E-state index < -0.39 is 5.56 Å². The fourth-order valence-corrected chi connectivity index (χ4v) is 3.92. The van der Waals surface area contributed by atoms with Gasteiger partial charge in [-0.1, -0.05) is 18.7 Å². The lowest BCUT2D eigenvalue weighted by Crippen LogP contribution is -2.49. The van der Waals surface area contributed by atoms with Crippen LogP contribution < -0.4 is 10.5 Å². The average Bonchev–Trinajstić information content (AvgIpc) is 2.81. The highest BCUT2D eigenvalue weighted by Gasteiger charge is 2.26. The molecule has 3 heterocycles. The molecule has 2 aromatic heterocycles. The lowest BCUT2D eigenvalue weighted by molar-refractivity contribution is -0.126. The van der Waals surface area contributed by atoms with Crippen LogP contribution >= 0.6 is 0 Å². The number of nitrogens with zero attached hydrogens (tertiary/aromatic N) is 5. The summed E-state index contributed by atoms with van der Waals surface area (Å²) in [5.74, 6) is -0.492. The molecule has 0 aliphatic carbocycles. The van der Waals surface area contributed by atoms with Crippen molar-refractivity contribution in [2.45, 2.75) is 6.54 Å². The van der Waals surface area contributed by atoms with Crippen molar-refractivity contribution in [3.05, 3.63) is 82.7 Å². The van der Waals surface area contributed by atoms with E-state index in [1.165, 1.54) is 22.8 Å². The number of carbonyl (C=O) groups is 1. The molecule has 0 saturated carbocycles. The molecule has 0 spiro atoms. The number of aromatic nitrogens is 2. The summed E-state index contributed by atoms with van der Waals surface area (Å²) in [5, 5.41) is 10.5. The highest BCUT2D eigenvalue weighted by atomic mass is 19.1. The van der Waals surface area contributed by atoms with E-state index in [0.29, 0.717) is 42.8 Å². The SMILES string of the molecule is C=CC(=O)N1CCN(c2c(C#N)c(=O)n(Cc3ccc(F)cc3)c3ccncc23)CC1. The number of anilines is 1. The number of piperazine rings is 1. The number of hydrogen-bond acceptors (Lipinski definition) is 5. The summed E-state index contributed by atoms with van der Waals surface area (Å²) in [6.07, 6.45) is 4.53. The minimum absolute atomic E-state index is 0.0334. The normalized spacial score (nSPS) is 13.8. The van der Waals surface area contributed by atoms with E-state index in [0.717, 1.165) is 5.56 Å². The van der Waals surface area contributed by atoms with E-state index in [2.05, 4.69) is 17.6 Å². The first kappa shape index (κ1) is 20.3. The van der Waals surface area contributed by atoms with Crippen molar-refractivity contribution < 1.29 is 9.18 Å². The Morgan fingerprint density at radius 3 is 2.55 bits per heavy atom. The van der Waals surface area contributed by atoms with E-state index in [1.807, 2.05) is 4.90 Å². The van der Waals surface area contributed by atoms with Gasteiger partial charge in [0.05, 0.1) is 17.7 Å². The number of pyridine rings is 2. The number of hydrogen-bond donors (Lipinski definition) is 0. The zero-order chi connectivity index (χ0) is 22.0. The molecule has 1 aliphatic rings. The standard InChI is InChI=1S/C23H20FN5O2/c1-2-21(30)27-9-11-28(12-10-27)22-18(13-25)23(31)29(20-7-8-26-14-19(20)22)15-16-3-5-17(24)6-4-16/h2-8,14H,1,9-12,15H2. The molecule has 0 atom stereocenters. The van der Waals surface area contributed by atoms with E-state index in [4.69, 9.17) is 0 Å². The Balaban J connectivity index is 1.80. The Morgan fingerprint density at radius 2 is 1.90 bits per heavy atom. The Morgan fingerprint density at radius 1 is 1.19 bits per heavy atom. The minimum Gasteiger partial charge on any atom is -0.366 e. The maximum atomic E-state index is 13.3. The highest BCUT2D eigenvalue weighted by molar-refractivity contribution is 5.94. The maximum absolute atomic E-state index is 13.3. The molecule has 31 heavy (non-hydrogen) atoms. The Kier molecular flexibility index (Phi) is 5.50. The van der Waals surface area contributed by atoms with Gasteiger partial charge in [0, 0.05) is 44.0 Å². The average molecular weight is 417 g/mol. The number of rotatable bonds is 4. The summed E-state index contributed by atoms with van der Waals surface area (Å²) >= 11 is 0. The van der Waals surface area contributed by atoms with Gasteiger partial charge in [0.1, 0.15) is 17.4 Å². The van der Waals surface area contributed by atoms with Crippen LogP contribution in [0.4, 0.5) is 10.1 Å². The second kappa shape index (κ2) is 8.40. The molecule has 1 fully saturated rings. The first-order valence-electron chi connectivity index (χ1n) is 9.85. The largest absolute Gasteiger partial charge is 0.366 e. The third-order valence-corrected chi connectivity index (χ3v) is 5.49. The summed E-state index contributed by atoms with van der Waals surface area (Å²) in [4.78, 5) is 33.1. The lowest BCUT2D eigenvalue weighted by atomic mass is 10.1. The van der Waals surface area contributed by atoms with Crippen LogP contribution in [0.1, 0.15) is 11.1 Å². The van der Waals surface area contributed by atoms with Gasteiger partial charge in [-0.15, -0.1) is 0 Å². The number of halogens is 1. The summed E-state index contributed by atoms with van der Waals surface area (Å²) in [6, 6.07) is 9.73. The second-order valence-electron chi connectivity index (χ2n) is 7.26. The summed E-state index contributed by atoms with van der Waals surface area (Å²) in [6.45, 7) is 5.63. The van der Waals surface area contributed by atoms with Gasteiger partial charge < -0.3 is 14.4 Å². The van der Waals surface area contributed by atoms with Crippen molar-refractivity contribution in [1.82, 2.24) is 14.5 Å². The molecule has 3 aromatic rings. The van der Waals surface area contributed by atoms with E-state index in [1.54, 1.807) is 35.5 Å². The molecule has 7 nitrogen and oxygen atoms in total. The molecule has 1 saturated heterocycles. The summed E-state index contributed by atoms with van der Waals surface area (Å²) < 4.78 is 14.8. The van der Waals surface area contributed by atoms with Gasteiger partial charge >= 0.3 is 0 Å². The number of carbonyl (C=O) groups excluding carboxylic acids is 1. The number of amides is 1. The molecule has 0 radical (unpaired) electrons. The smallest absolute Gasteiger partial charge is 0.271 e. The van der Waals surface area contributed by atoms with E-state index in [-0.39, 0.29) is 23.8 Å². The van der Waals surface area contributed by atoms with E-state index >= 15 is 0 Å². The Hall–Kier alpha value is -3.99. The first-order valence-corrected chi connectivity index (χ1v) is 9.85. The topological polar surface area (TPSA) is 82.2 Å². The third kappa shape index (κ3) is 3.78. The van der Waals surface area contributed by atoms with Gasteiger partial charge in [-0.05, 0) is 29.8 Å². The molecule has 4 rings (SSSR count). The predicted molar refractivity (Wildman–Crippen MR) is 115 cm³/mol. The highest BCUT2D eigenvalue weighted by Crippen LogP contribution is 2.29. The van der Waals surface area contributed by atoms with Crippen LogP contribution in [-0.4, -0.2) is 46.5 Å². The van der Waals surface area contributed by atoms with Crippen molar-refractivity contribution in [2.24, 2.45) is 0 Å². The number of benzene rings is 1. The molecule has 1 aliphatic heterocycles. The minimum atomic E-state index is -0.412. The Labute approximate surface area is 178 Å². The van der Waals surface area contributed by atoms with Crippen LogP contribution in [0.15, 0.2) is 60.2 Å². The summed E-state index contributed by atoms with van der Waals surface area (Å²) in [7, 11) is 0. The lowest BCUT2D eigenvalue weighted by Gasteiger charge is -2.36. The molecule has 156 valence electrons. The fourth-order valence-electron chi connectivity index (χ4n) is 3.92. The van der Waals surface area contributed by atoms with Crippen molar-refractivity contribution in [3.63, 3.8) is 0 Å². The molecule has 1 amide bonds. The third-order valence-electron chi connectivity index (χ3n) is 5.49. The monoisotopic (exact) mass is 417 g/mol. The maximum Gasteiger partial charge on any atom is 0.271 e. The fraction of sp³-hybridized carbons (Fsp3) is 0.217. The molecule has 0 N–H and O–H groups in total. The van der Waals surface area contributed by atoms with Crippen LogP contribution in [0.3, 0.4) is 0 Å². The quantitative estimate of drug-likeness (QED) is 0.609. The van der Waals surface area contributed by atoms with Crippen LogP contribution in [0.5, 0.6) is 0 Å². The van der Waals surface area contributed by atoms with Gasteiger partial charge in [-0.2, -0.15) is 5.26 Å². The molecule has 8 heteroatoms. The van der Waals surface area contributed by atoms with Crippen LogP contribution in [0.25, 0.3) is 10.9 Å². The van der Waals surface area contributed by atoms with Crippen molar-refractivity contribution >= 4 is 22.5 Å². The number of fused-ring (bicyclic) bond motifs is 1. The van der Waals surface area contributed by atoms with Crippen LogP contribution in [-0.2, 0) is 11.3 Å². The zero-order valence-corrected chi connectivity index (χ0v) is 16.8. The van der Waals surface area contributed by atoms with Crippen molar-refractivity contribution in [1.29, 1.82) is 5.26 Å². The van der Waals surface area contributed by atoms with Crippen molar-refractivity contribution in [3.8, 4) is 6.07 Å². The predicted octanol–water partition coefficient (Wildman–Crippen LogP) is 2.29. The molecular weight excluding hydrogens is 397 g/mol. The van der Waals surface area contributed by atoms with Crippen molar-refractivity contribution in [2.75, 3.05) is 31.1 Å². The summed E-state index contributed by atoms with van der Waals surface area (Å²) in [5.41, 5.74) is 1.55. The van der Waals surface area contributed by atoms with Crippen LogP contribution in [0.2, 0.25) is 0 Å². The number of nitriles is 1. The van der Waals surface area contributed by atoms with Gasteiger partial charge in [0.15, 0.2) is 0 Å². The van der Waals surface area contributed by atoms with Crippen LogP contribution in [0, 0.1) is 17.1 Å². The zero-order valence-electron chi connectivity index (χ0n) is 16.8. The van der Waals surface area contributed by atoms with Gasteiger partial charge in [-0.25, -0.2) is 4.39 Å². The Bertz CT molecular complexity index is 1250. The second-order valence-corrected chi connectivity index (χ2v) is 7.26. The van der Waals surface area contributed by atoms with Gasteiger partial charge in [-0.3, -0.25) is 14.6 Å². The van der Waals surface area contributed by atoms with Gasteiger partial charge in [0.25, 0.3) is 5.56 Å². The van der Waals surface area contributed by atoms with Gasteiger partial charge in [0.2, 0.25) is 5.91 Å². The molecule has 1 aromatic carbocycles. The molecule has 0 unspecified atom stereocenters.